The smallest absolute Gasteiger partial charge is 0.124 e. The van der Waals surface area contributed by atoms with Crippen LogP contribution in [0.3, 0.4) is 0 Å². The third-order valence-electron chi connectivity index (χ3n) is 4.63. The Morgan fingerprint density at radius 1 is 1.00 bits per heavy atom. The Morgan fingerprint density at radius 3 is 2.79 bits per heavy atom. The van der Waals surface area contributed by atoms with E-state index in [0.717, 1.165) is 17.0 Å². The van der Waals surface area contributed by atoms with Gasteiger partial charge in [-0.3, -0.25) is 9.97 Å². The van der Waals surface area contributed by atoms with Crippen LogP contribution in [-0.2, 0) is 0 Å². The first-order valence-electron chi connectivity index (χ1n) is 8.95. The summed E-state index contributed by atoms with van der Waals surface area (Å²) in [4.78, 5) is 8.47. The van der Waals surface area contributed by atoms with Crippen molar-refractivity contribution >= 4 is 22.3 Å². The highest BCUT2D eigenvalue weighted by Gasteiger charge is 2.19. The summed E-state index contributed by atoms with van der Waals surface area (Å²) < 4.78 is 15.6. The second kappa shape index (κ2) is 6.79. The van der Waals surface area contributed by atoms with Crippen LogP contribution in [0.15, 0.2) is 96.8 Å². The number of anilines is 1. The van der Waals surface area contributed by atoms with Gasteiger partial charge in [-0.2, -0.15) is 10.2 Å². The lowest BCUT2D eigenvalue weighted by atomic mass is 10.1. The molecule has 0 fully saturated rings. The van der Waals surface area contributed by atoms with Crippen LogP contribution in [-0.4, -0.2) is 25.5 Å². The lowest BCUT2D eigenvalue weighted by Gasteiger charge is -2.21. The number of allylic oxidation sites excluding steroid dienone is 2. The average Bonchev–Trinajstić information content (AvgIpc) is 3.23. The van der Waals surface area contributed by atoms with Crippen LogP contribution in [0.5, 0.6) is 0 Å². The van der Waals surface area contributed by atoms with Crippen molar-refractivity contribution in [1.29, 1.82) is 0 Å². The molecular weight excluding hydrogens is 367 g/mol. The van der Waals surface area contributed by atoms with Gasteiger partial charge in [-0.1, -0.05) is 6.58 Å². The largest absolute Gasteiger partial charge is 0.262 e. The van der Waals surface area contributed by atoms with Gasteiger partial charge in [0.1, 0.15) is 11.5 Å². The molecule has 140 valence electrons. The van der Waals surface area contributed by atoms with E-state index < -0.39 is 0 Å². The third-order valence-corrected chi connectivity index (χ3v) is 4.63. The summed E-state index contributed by atoms with van der Waals surface area (Å²) in [6.45, 7) is 4.12. The Labute approximate surface area is 166 Å². The minimum Gasteiger partial charge on any atom is -0.262 e. The number of aromatic nitrogens is 4. The number of nitrogens with zero attached hydrogens (tertiary/aromatic N) is 6. The molecule has 0 spiro atoms. The van der Waals surface area contributed by atoms with E-state index in [1.165, 1.54) is 12.1 Å². The number of rotatable bonds is 3. The number of hydrazone groups is 1. The predicted octanol–water partition coefficient (Wildman–Crippen LogP) is 4.25. The number of fused-ring (bicyclic) bond motifs is 1. The molecule has 3 aromatic heterocycles. The topological polar surface area (TPSA) is 59.2 Å². The van der Waals surface area contributed by atoms with Gasteiger partial charge < -0.3 is 0 Å². The van der Waals surface area contributed by atoms with Crippen molar-refractivity contribution in [2.24, 2.45) is 5.10 Å². The summed E-state index contributed by atoms with van der Waals surface area (Å²) in [6.07, 6.45) is 10.5. The minimum atomic E-state index is -0.328. The standard InChI is InChI=1S/C22H15FN6/c1-15-8-12-28(17-3-2-9-24-14-17)27-22(15)21-7-11-26-29(21)20-6-10-25-19-5-4-16(23)13-18(19)20/h2-14H,1H2. The molecule has 4 aromatic rings. The number of halogens is 1. The zero-order chi connectivity index (χ0) is 19.8. The van der Waals surface area contributed by atoms with Gasteiger partial charge in [0.15, 0.2) is 0 Å². The quantitative estimate of drug-likeness (QED) is 0.532. The summed E-state index contributed by atoms with van der Waals surface area (Å²) in [5.41, 5.74) is 4.38. The number of benzene rings is 1. The normalized spacial score (nSPS) is 13.8. The van der Waals surface area contributed by atoms with Gasteiger partial charge in [0, 0.05) is 24.0 Å². The van der Waals surface area contributed by atoms with E-state index in [9.17, 15) is 4.39 Å². The van der Waals surface area contributed by atoms with Gasteiger partial charge in [0.25, 0.3) is 0 Å². The highest BCUT2D eigenvalue weighted by atomic mass is 19.1. The van der Waals surface area contributed by atoms with Gasteiger partial charge in [0.05, 0.1) is 35.0 Å². The van der Waals surface area contributed by atoms with Crippen molar-refractivity contribution in [3.05, 3.63) is 103 Å². The molecule has 29 heavy (non-hydrogen) atoms. The fourth-order valence-electron chi connectivity index (χ4n) is 3.26. The summed E-state index contributed by atoms with van der Waals surface area (Å²) in [7, 11) is 0. The van der Waals surface area contributed by atoms with E-state index in [4.69, 9.17) is 5.10 Å². The second-order valence-corrected chi connectivity index (χ2v) is 6.47. The first-order chi connectivity index (χ1) is 14.2. The van der Waals surface area contributed by atoms with Crippen LogP contribution in [0.4, 0.5) is 10.1 Å². The van der Waals surface area contributed by atoms with Crippen LogP contribution in [0.1, 0.15) is 5.69 Å². The average molecular weight is 382 g/mol. The van der Waals surface area contributed by atoms with Crippen molar-refractivity contribution in [2.75, 3.05) is 5.01 Å². The lowest BCUT2D eigenvalue weighted by molar-refractivity contribution is 0.629. The molecule has 0 radical (unpaired) electrons. The maximum Gasteiger partial charge on any atom is 0.124 e. The van der Waals surface area contributed by atoms with Gasteiger partial charge in [-0.25, -0.2) is 14.1 Å². The zero-order valence-electron chi connectivity index (χ0n) is 15.3. The third kappa shape index (κ3) is 2.98. The maximum absolute atomic E-state index is 13.9. The van der Waals surface area contributed by atoms with E-state index in [2.05, 4.69) is 21.6 Å². The predicted molar refractivity (Wildman–Crippen MR) is 110 cm³/mol. The van der Waals surface area contributed by atoms with Crippen LogP contribution < -0.4 is 5.01 Å². The van der Waals surface area contributed by atoms with E-state index in [0.29, 0.717) is 22.3 Å². The van der Waals surface area contributed by atoms with Gasteiger partial charge in [-0.15, -0.1) is 0 Å². The molecule has 1 aliphatic rings. The van der Waals surface area contributed by atoms with Gasteiger partial charge in [-0.05, 0) is 54.1 Å². The van der Waals surface area contributed by atoms with Crippen LogP contribution in [0.25, 0.3) is 16.6 Å². The molecule has 0 amide bonds. The number of pyridine rings is 2. The SMILES string of the molecule is C=C1C=CN(c2cccnc2)N=C1c1ccnn1-c1ccnc2ccc(F)cc12. The van der Waals surface area contributed by atoms with Crippen LogP contribution in [0.2, 0.25) is 0 Å². The Kier molecular flexibility index (Phi) is 3.98. The first-order valence-corrected chi connectivity index (χ1v) is 8.95. The minimum absolute atomic E-state index is 0.328. The summed E-state index contributed by atoms with van der Waals surface area (Å²) in [6, 6.07) is 11.9. The molecule has 1 aliphatic heterocycles. The van der Waals surface area contributed by atoms with Crippen molar-refractivity contribution in [2.45, 2.75) is 0 Å². The molecule has 0 N–H and O–H groups in total. The highest BCUT2D eigenvalue weighted by Crippen LogP contribution is 2.26. The summed E-state index contributed by atoms with van der Waals surface area (Å²) in [5.74, 6) is -0.328. The van der Waals surface area contributed by atoms with Crippen LogP contribution >= 0.6 is 0 Å². The van der Waals surface area contributed by atoms with Gasteiger partial charge >= 0.3 is 0 Å². The molecule has 1 aromatic carbocycles. The van der Waals surface area contributed by atoms with E-state index in [1.807, 2.05) is 30.5 Å². The van der Waals surface area contributed by atoms with Crippen molar-refractivity contribution < 1.29 is 4.39 Å². The fourth-order valence-corrected chi connectivity index (χ4v) is 3.26. The molecule has 5 rings (SSSR count). The van der Waals surface area contributed by atoms with Crippen molar-refractivity contribution in [3.8, 4) is 5.69 Å². The lowest BCUT2D eigenvalue weighted by Crippen LogP contribution is -2.21. The Bertz CT molecular complexity index is 1290. The van der Waals surface area contributed by atoms with Crippen LogP contribution in [0, 0.1) is 5.82 Å². The molecule has 0 aliphatic carbocycles. The van der Waals surface area contributed by atoms with E-state index in [1.54, 1.807) is 46.6 Å². The Hall–Kier alpha value is -4.13. The van der Waals surface area contributed by atoms with E-state index >= 15 is 0 Å². The molecule has 6 nitrogen and oxygen atoms in total. The zero-order valence-corrected chi connectivity index (χ0v) is 15.3. The first kappa shape index (κ1) is 17.0. The number of hydrogen-bond donors (Lipinski definition) is 0. The van der Waals surface area contributed by atoms with Crippen molar-refractivity contribution in [1.82, 2.24) is 19.7 Å². The molecule has 7 heteroatoms. The molecule has 0 saturated heterocycles. The number of hydrogen-bond acceptors (Lipinski definition) is 5. The molecule has 0 bridgehead atoms. The van der Waals surface area contributed by atoms with E-state index in [-0.39, 0.29) is 5.82 Å². The molecule has 0 unspecified atom stereocenters. The second-order valence-electron chi connectivity index (χ2n) is 6.47. The maximum atomic E-state index is 13.9. The summed E-state index contributed by atoms with van der Waals surface area (Å²) in [5, 5.41) is 11.6. The Balaban J connectivity index is 1.65. The Morgan fingerprint density at radius 2 is 1.93 bits per heavy atom. The molecule has 0 atom stereocenters. The molecular formula is C22H15FN6. The highest BCUT2D eigenvalue weighted by molar-refractivity contribution is 6.14. The fraction of sp³-hybridized carbons (Fsp3) is 0. The monoisotopic (exact) mass is 382 g/mol. The molecule has 4 heterocycles. The molecule has 0 saturated carbocycles. The van der Waals surface area contributed by atoms with Crippen molar-refractivity contribution in [3.63, 3.8) is 0 Å². The van der Waals surface area contributed by atoms with Gasteiger partial charge in [0.2, 0.25) is 0 Å². The summed E-state index contributed by atoms with van der Waals surface area (Å²) >= 11 is 0.